The zero-order chi connectivity index (χ0) is 17.0. The van der Waals surface area contributed by atoms with Crippen LogP contribution in [0.4, 0.5) is 0 Å². The second-order valence-electron chi connectivity index (χ2n) is 4.20. The third-order valence-electron chi connectivity index (χ3n) is 0. The minimum Gasteiger partial charge on any atom is -0.852 e. The number of nitrogens with zero attached hydrogens (tertiary/aromatic N) is 1. The van der Waals surface area contributed by atoms with Crippen LogP contribution in [0.5, 0.6) is 0 Å². The molecule has 0 heterocycles. The van der Waals surface area contributed by atoms with Crippen molar-refractivity contribution in [2.75, 3.05) is 0 Å². The fourth-order valence-electron chi connectivity index (χ4n) is 0. The van der Waals surface area contributed by atoms with Crippen molar-refractivity contribution in [2.45, 2.75) is 79.8 Å². The molecule has 0 aromatic rings. The molecule has 0 aromatic carbocycles. The van der Waals surface area contributed by atoms with Crippen molar-refractivity contribution >= 4 is 7.85 Å². The molecule has 0 amide bonds. The van der Waals surface area contributed by atoms with Gasteiger partial charge in [-0.1, -0.05) is 55.4 Å². The van der Waals surface area contributed by atoms with Gasteiger partial charge in [0.2, 0.25) is 0 Å². The van der Waals surface area contributed by atoms with E-state index in [1.807, 2.05) is 5.97 Å². The molecule has 0 aliphatic rings. The van der Waals surface area contributed by atoms with Gasteiger partial charge in [0.25, 0.3) is 0 Å². The van der Waals surface area contributed by atoms with Crippen molar-refractivity contribution < 1.29 is 71.7 Å². The van der Waals surface area contributed by atoms with Crippen molar-refractivity contribution in [3.63, 3.8) is 0 Å². The van der Waals surface area contributed by atoms with E-state index >= 15 is 0 Å². The van der Waals surface area contributed by atoms with Crippen molar-refractivity contribution in [2.24, 2.45) is 0 Å². The van der Waals surface area contributed by atoms with Crippen LogP contribution < -0.4 is 50.0 Å². The molecule has 0 fully saturated rings. The molecule has 0 aliphatic heterocycles. The van der Waals surface area contributed by atoms with Gasteiger partial charge in [-0.05, 0) is 0 Å². The van der Waals surface area contributed by atoms with Crippen LogP contribution >= 0.6 is 0 Å². The molecule has 0 saturated heterocycles. The Labute approximate surface area is 169 Å². The molecule has 120 valence electrons. The predicted octanol–water partition coefficient (Wildman–Crippen LogP) is -5.15. The molecular formula is C13H31BNNaO4Ti. The summed E-state index contributed by atoms with van der Waals surface area (Å²) >= 11 is 0. The summed E-state index contributed by atoms with van der Waals surface area (Å²) in [5, 5.41) is 45.5. The largest absolute Gasteiger partial charge is 4.00 e. The zero-order valence-corrected chi connectivity index (χ0v) is 18.0. The van der Waals surface area contributed by atoms with Crippen LogP contribution in [0.1, 0.15) is 55.4 Å². The first-order valence-electron chi connectivity index (χ1n) is 5.79. The fraction of sp³-hybridized carbons (Fsp3) is 0.923. The predicted molar refractivity (Wildman–Crippen MR) is 76.1 cm³/mol. The van der Waals surface area contributed by atoms with Crippen LogP contribution in [0, 0.1) is 11.2 Å². The third kappa shape index (κ3) is 6270. The van der Waals surface area contributed by atoms with Crippen LogP contribution in [-0.2, 0) is 21.7 Å². The fourth-order valence-corrected chi connectivity index (χ4v) is 0. The average molecular weight is 347 g/mol. The number of hydrogen-bond acceptors (Lipinski definition) is 5. The second kappa shape index (κ2) is 42.9. The Balaban J connectivity index is -0.0000000229. The zero-order valence-electron chi connectivity index (χ0n) is 14.4. The van der Waals surface area contributed by atoms with E-state index in [4.69, 9.17) is 5.26 Å². The summed E-state index contributed by atoms with van der Waals surface area (Å²) in [6, 6.07) is 0. The van der Waals surface area contributed by atoms with Gasteiger partial charge in [-0.25, -0.2) is 0 Å². The monoisotopic (exact) mass is 347 g/mol. The van der Waals surface area contributed by atoms with Gasteiger partial charge in [0.15, 0.2) is 0 Å². The molecule has 0 unspecified atom stereocenters. The molecule has 0 radical (unpaired) electrons. The minimum atomic E-state index is -0.417. The van der Waals surface area contributed by atoms with Crippen LogP contribution in [0.3, 0.4) is 0 Å². The van der Waals surface area contributed by atoms with Crippen molar-refractivity contribution in [3.05, 3.63) is 0 Å². The van der Waals surface area contributed by atoms with E-state index in [1.54, 1.807) is 55.4 Å². The molecule has 0 spiro atoms. The number of rotatable bonds is 0. The Hall–Kier alpha value is 1.11. The van der Waals surface area contributed by atoms with Crippen LogP contribution in [-0.4, -0.2) is 32.3 Å². The van der Waals surface area contributed by atoms with Gasteiger partial charge in [0.05, 0.1) is 7.85 Å². The van der Waals surface area contributed by atoms with Gasteiger partial charge in [0.1, 0.15) is 0 Å². The van der Waals surface area contributed by atoms with E-state index in [1.165, 1.54) is 0 Å². The van der Waals surface area contributed by atoms with Crippen LogP contribution in [0.2, 0.25) is 0 Å². The SMILES string of the molecule is CC(C)[O-].CC(C)[O-].CC(C)[O-].CC(C)[O-].[BH3-]C#N.[Na+].[Ti+4]. The minimum absolute atomic E-state index is 0. The van der Waals surface area contributed by atoms with E-state index in [0.29, 0.717) is 0 Å². The van der Waals surface area contributed by atoms with Crippen molar-refractivity contribution in [3.8, 4) is 5.97 Å². The van der Waals surface area contributed by atoms with E-state index in [2.05, 4.69) is 0 Å². The molecule has 0 rings (SSSR count). The summed E-state index contributed by atoms with van der Waals surface area (Å²) in [5.74, 6) is 2.00. The first kappa shape index (κ1) is 43.2. The van der Waals surface area contributed by atoms with Gasteiger partial charge >= 0.3 is 51.3 Å². The maximum absolute atomic E-state index is 9.53. The van der Waals surface area contributed by atoms with Crippen molar-refractivity contribution in [1.82, 2.24) is 0 Å². The summed E-state index contributed by atoms with van der Waals surface area (Å²) in [7, 11) is 0.0694. The smallest absolute Gasteiger partial charge is 0.852 e. The van der Waals surface area contributed by atoms with Crippen LogP contribution in [0.15, 0.2) is 0 Å². The molecule has 21 heavy (non-hydrogen) atoms. The molecule has 0 atom stereocenters. The first-order valence-corrected chi connectivity index (χ1v) is 5.79. The maximum Gasteiger partial charge on any atom is 4.00 e. The van der Waals surface area contributed by atoms with Gasteiger partial charge in [-0.15, -0.1) is 24.4 Å². The summed E-state index contributed by atoms with van der Waals surface area (Å²) in [5.41, 5.74) is 0. The molecule has 5 nitrogen and oxygen atoms in total. The topological polar surface area (TPSA) is 116 Å². The van der Waals surface area contributed by atoms with E-state index in [0.717, 1.165) is 0 Å². The first-order chi connectivity index (χ1) is 8.34. The Bertz CT molecular complexity index is 134. The Morgan fingerprint density at radius 2 is 0.667 bits per heavy atom. The van der Waals surface area contributed by atoms with Crippen LogP contribution in [0.25, 0.3) is 0 Å². The van der Waals surface area contributed by atoms with E-state index in [9.17, 15) is 20.4 Å². The normalized spacial score (nSPS) is 7.24. The third-order valence-corrected chi connectivity index (χ3v) is 0. The molecule has 0 N–H and O–H groups in total. The molecule has 0 aliphatic carbocycles. The Morgan fingerprint density at radius 3 is 0.667 bits per heavy atom. The summed E-state index contributed by atoms with van der Waals surface area (Å²) in [6.07, 6.45) is -1.67. The second-order valence-corrected chi connectivity index (χ2v) is 4.20. The van der Waals surface area contributed by atoms with Gasteiger partial charge in [0, 0.05) is 0 Å². The Morgan fingerprint density at radius 1 is 0.667 bits per heavy atom. The maximum atomic E-state index is 9.53. The standard InChI is InChI=1S/4C3H7O.CH3BN.Na.Ti/c4*1-3(2)4;2-1-3;;/h4*3H,1-2H3;2H3;;/q5*-1;+1;+4. The summed E-state index contributed by atoms with van der Waals surface area (Å²) in [4.78, 5) is 0. The van der Waals surface area contributed by atoms with Gasteiger partial charge in [-0.2, -0.15) is 5.97 Å². The van der Waals surface area contributed by atoms with E-state index < -0.39 is 24.4 Å². The molecule has 8 heteroatoms. The molecule has 0 saturated carbocycles. The quantitative estimate of drug-likeness (QED) is 0.407. The number of nitriles is 1. The summed E-state index contributed by atoms with van der Waals surface area (Å²) in [6.45, 7) is 12.9. The van der Waals surface area contributed by atoms with E-state index in [-0.39, 0.29) is 59.1 Å². The van der Waals surface area contributed by atoms with Gasteiger partial charge in [-0.3, -0.25) is 5.26 Å². The molecule has 0 aromatic heterocycles. The Kier molecular flexibility index (Phi) is 88.1. The van der Waals surface area contributed by atoms with Gasteiger partial charge < -0.3 is 20.4 Å². The van der Waals surface area contributed by atoms with Crippen molar-refractivity contribution in [1.29, 1.82) is 5.26 Å². The number of hydrogen-bond donors (Lipinski definition) is 0. The summed E-state index contributed by atoms with van der Waals surface area (Å²) < 4.78 is 0. The molecular weight excluding hydrogens is 316 g/mol. The molecule has 0 bridgehead atoms. The average Bonchev–Trinajstić information content (AvgIpc) is 1.97.